The molecule has 1 aliphatic rings. The smallest absolute Gasteiger partial charge is 0.332 e. The Hall–Kier alpha value is -2.21. The standard InChI is InChI=1S/C17H20FNO4/c1-12(13-4-6-14(18)7-5-13)10-15(20)19-9-3-8-17(19,11-23-2)16(21)22/h4-7,10H,3,8-9,11H2,1-2H3,(H,21,22)/b12-10+. The molecule has 1 fully saturated rings. The van der Waals surface area contributed by atoms with E-state index in [1.165, 1.54) is 30.2 Å². The number of carboxylic acid groups (broad SMARTS) is 1. The number of carbonyl (C=O) groups excluding carboxylic acids is 1. The Morgan fingerprint density at radius 3 is 2.61 bits per heavy atom. The topological polar surface area (TPSA) is 66.8 Å². The number of nitrogens with zero attached hydrogens (tertiary/aromatic N) is 1. The molecule has 6 heteroatoms. The van der Waals surface area contributed by atoms with Crippen LogP contribution in [0.15, 0.2) is 30.3 Å². The Bertz CT molecular complexity index is 626. The summed E-state index contributed by atoms with van der Waals surface area (Å²) >= 11 is 0. The zero-order valence-corrected chi connectivity index (χ0v) is 13.2. The average molecular weight is 321 g/mol. The van der Waals surface area contributed by atoms with Crippen LogP contribution < -0.4 is 0 Å². The van der Waals surface area contributed by atoms with E-state index >= 15 is 0 Å². The van der Waals surface area contributed by atoms with Gasteiger partial charge in [-0.3, -0.25) is 4.79 Å². The second kappa shape index (κ2) is 6.91. The fourth-order valence-electron chi connectivity index (χ4n) is 2.93. The van der Waals surface area contributed by atoms with Crippen molar-refractivity contribution in [3.05, 3.63) is 41.7 Å². The van der Waals surface area contributed by atoms with Gasteiger partial charge in [-0.15, -0.1) is 0 Å². The monoisotopic (exact) mass is 321 g/mol. The average Bonchev–Trinajstić information content (AvgIpc) is 2.93. The summed E-state index contributed by atoms with van der Waals surface area (Å²) < 4.78 is 18.0. The zero-order valence-electron chi connectivity index (χ0n) is 13.2. The van der Waals surface area contributed by atoms with Crippen LogP contribution in [0.2, 0.25) is 0 Å². The van der Waals surface area contributed by atoms with Gasteiger partial charge >= 0.3 is 5.97 Å². The Morgan fingerprint density at radius 1 is 1.39 bits per heavy atom. The van der Waals surface area contributed by atoms with Crippen molar-refractivity contribution in [3.8, 4) is 0 Å². The van der Waals surface area contributed by atoms with Crippen LogP contribution in [0, 0.1) is 5.82 Å². The zero-order chi connectivity index (χ0) is 17.0. The van der Waals surface area contributed by atoms with E-state index in [0.717, 1.165) is 0 Å². The maximum absolute atomic E-state index is 13.0. The molecule has 1 aliphatic heterocycles. The van der Waals surface area contributed by atoms with Crippen molar-refractivity contribution in [3.63, 3.8) is 0 Å². The molecule has 0 radical (unpaired) electrons. The SMILES string of the molecule is COCC1(C(=O)O)CCCN1C(=O)/C=C(\C)c1ccc(F)cc1. The summed E-state index contributed by atoms with van der Waals surface area (Å²) in [5, 5.41) is 9.56. The van der Waals surface area contributed by atoms with Gasteiger partial charge in [0.1, 0.15) is 5.82 Å². The van der Waals surface area contributed by atoms with Gasteiger partial charge < -0.3 is 14.7 Å². The Balaban J connectivity index is 2.26. The third-order valence-electron chi connectivity index (χ3n) is 4.18. The molecule has 1 unspecified atom stereocenters. The second-order valence-corrected chi connectivity index (χ2v) is 5.70. The van der Waals surface area contributed by atoms with Crippen molar-refractivity contribution < 1.29 is 23.8 Å². The van der Waals surface area contributed by atoms with Crippen LogP contribution in [0.3, 0.4) is 0 Å². The maximum atomic E-state index is 13.0. The highest BCUT2D eigenvalue weighted by Gasteiger charge is 2.49. The van der Waals surface area contributed by atoms with Gasteiger partial charge in [0.2, 0.25) is 5.91 Å². The van der Waals surface area contributed by atoms with Crippen LogP contribution >= 0.6 is 0 Å². The number of carbonyl (C=O) groups is 2. The lowest BCUT2D eigenvalue weighted by molar-refractivity contribution is -0.158. The molecule has 23 heavy (non-hydrogen) atoms. The van der Waals surface area contributed by atoms with E-state index in [1.54, 1.807) is 19.1 Å². The lowest BCUT2D eigenvalue weighted by atomic mass is 9.97. The molecule has 1 aromatic rings. The molecule has 0 spiro atoms. The normalized spacial score (nSPS) is 21.5. The first-order valence-corrected chi connectivity index (χ1v) is 7.39. The summed E-state index contributed by atoms with van der Waals surface area (Å²) in [4.78, 5) is 25.6. The molecule has 0 aromatic heterocycles. The van der Waals surface area contributed by atoms with Crippen LogP contribution in [0.5, 0.6) is 0 Å². The van der Waals surface area contributed by atoms with Crippen molar-refractivity contribution >= 4 is 17.4 Å². The fraction of sp³-hybridized carbons (Fsp3) is 0.412. The number of rotatable bonds is 5. The minimum atomic E-state index is -1.31. The fourth-order valence-corrected chi connectivity index (χ4v) is 2.93. The molecule has 2 rings (SSSR count). The number of ether oxygens (including phenoxy) is 1. The van der Waals surface area contributed by atoms with E-state index in [-0.39, 0.29) is 18.3 Å². The van der Waals surface area contributed by atoms with Crippen LogP contribution in [0.1, 0.15) is 25.3 Å². The summed E-state index contributed by atoms with van der Waals surface area (Å²) in [5.74, 6) is -1.78. The number of allylic oxidation sites excluding steroid dienone is 1. The summed E-state index contributed by atoms with van der Waals surface area (Å²) in [6, 6.07) is 5.80. The minimum Gasteiger partial charge on any atom is -0.479 e. The highest BCUT2D eigenvalue weighted by molar-refractivity contribution is 5.98. The summed E-state index contributed by atoms with van der Waals surface area (Å²) in [5.41, 5.74) is 0.0519. The summed E-state index contributed by atoms with van der Waals surface area (Å²) in [6.07, 6.45) is 2.38. The number of hydrogen-bond donors (Lipinski definition) is 1. The molecule has 0 saturated carbocycles. The first-order valence-electron chi connectivity index (χ1n) is 7.39. The molecule has 1 amide bonds. The predicted octanol–water partition coefficient (Wildman–Crippen LogP) is 2.32. The molecule has 1 saturated heterocycles. The van der Waals surface area contributed by atoms with E-state index in [0.29, 0.717) is 30.5 Å². The van der Waals surface area contributed by atoms with E-state index in [9.17, 15) is 19.1 Å². The number of methoxy groups -OCH3 is 1. The predicted molar refractivity (Wildman–Crippen MR) is 83.2 cm³/mol. The third-order valence-corrected chi connectivity index (χ3v) is 4.18. The number of likely N-dealkylation sites (tertiary alicyclic amines) is 1. The molecule has 1 atom stereocenters. The van der Waals surface area contributed by atoms with Gasteiger partial charge in [0.05, 0.1) is 6.61 Å². The number of aliphatic carboxylic acids is 1. The Kier molecular flexibility index (Phi) is 5.15. The first-order chi connectivity index (χ1) is 10.9. The lowest BCUT2D eigenvalue weighted by Crippen LogP contribution is -2.55. The van der Waals surface area contributed by atoms with E-state index in [1.807, 2.05) is 0 Å². The Labute approximate surface area is 134 Å². The van der Waals surface area contributed by atoms with E-state index < -0.39 is 11.5 Å². The van der Waals surface area contributed by atoms with Gasteiger partial charge in [-0.1, -0.05) is 12.1 Å². The summed E-state index contributed by atoms with van der Waals surface area (Å²) in [7, 11) is 1.42. The molecule has 1 aromatic carbocycles. The van der Waals surface area contributed by atoms with E-state index in [2.05, 4.69) is 0 Å². The number of carboxylic acids is 1. The molecular formula is C17H20FNO4. The van der Waals surface area contributed by atoms with Gasteiger partial charge in [-0.25, -0.2) is 9.18 Å². The van der Waals surface area contributed by atoms with Gasteiger partial charge in [0.15, 0.2) is 5.54 Å². The maximum Gasteiger partial charge on any atom is 0.332 e. The minimum absolute atomic E-state index is 0.0441. The van der Waals surface area contributed by atoms with Crippen molar-refractivity contribution in [1.29, 1.82) is 0 Å². The molecule has 1 heterocycles. The highest BCUT2D eigenvalue weighted by atomic mass is 19.1. The lowest BCUT2D eigenvalue weighted by Gasteiger charge is -2.33. The third kappa shape index (κ3) is 3.42. The van der Waals surface area contributed by atoms with Crippen molar-refractivity contribution in [2.24, 2.45) is 0 Å². The van der Waals surface area contributed by atoms with Crippen molar-refractivity contribution in [1.82, 2.24) is 4.90 Å². The number of halogens is 1. The molecular weight excluding hydrogens is 301 g/mol. The Morgan fingerprint density at radius 2 is 2.04 bits per heavy atom. The van der Waals surface area contributed by atoms with Crippen LogP contribution in [0.4, 0.5) is 4.39 Å². The van der Waals surface area contributed by atoms with Crippen LogP contribution in [0.25, 0.3) is 5.57 Å². The molecule has 0 bridgehead atoms. The molecule has 1 N–H and O–H groups in total. The number of hydrogen-bond acceptors (Lipinski definition) is 3. The quantitative estimate of drug-likeness (QED) is 0.845. The van der Waals surface area contributed by atoms with Gasteiger partial charge in [0, 0.05) is 19.7 Å². The highest BCUT2D eigenvalue weighted by Crippen LogP contribution is 2.31. The molecule has 5 nitrogen and oxygen atoms in total. The van der Waals surface area contributed by atoms with Crippen molar-refractivity contribution in [2.75, 3.05) is 20.3 Å². The molecule has 0 aliphatic carbocycles. The number of amides is 1. The van der Waals surface area contributed by atoms with Gasteiger partial charge in [-0.05, 0) is 43.0 Å². The van der Waals surface area contributed by atoms with Crippen LogP contribution in [-0.4, -0.2) is 47.7 Å². The van der Waals surface area contributed by atoms with Gasteiger partial charge in [0.25, 0.3) is 0 Å². The largest absolute Gasteiger partial charge is 0.479 e. The van der Waals surface area contributed by atoms with Crippen molar-refractivity contribution in [2.45, 2.75) is 25.3 Å². The summed E-state index contributed by atoms with van der Waals surface area (Å²) in [6.45, 7) is 2.07. The van der Waals surface area contributed by atoms with Gasteiger partial charge in [-0.2, -0.15) is 0 Å². The van der Waals surface area contributed by atoms with Crippen LogP contribution in [-0.2, 0) is 14.3 Å². The van der Waals surface area contributed by atoms with E-state index in [4.69, 9.17) is 4.74 Å². The number of benzene rings is 1. The molecule has 124 valence electrons. The second-order valence-electron chi connectivity index (χ2n) is 5.70. The first kappa shape index (κ1) is 17.1.